The number of carbonyl (C=O) groups is 4. The molecule has 6 rings (SSSR count). The van der Waals surface area contributed by atoms with Crippen LogP contribution in [0.4, 0.5) is 35.1 Å². The summed E-state index contributed by atoms with van der Waals surface area (Å²) in [5.41, 5.74) is -2.77. The monoisotopic (exact) mass is 828 g/mol. The number of aromatic nitrogens is 2. The van der Waals surface area contributed by atoms with Gasteiger partial charge in [-0.05, 0) is 91.6 Å². The Labute approximate surface area is 329 Å². The first-order chi connectivity index (χ1) is 27.5. The highest BCUT2D eigenvalue weighted by molar-refractivity contribution is 6.07. The Bertz CT molecular complexity index is 2680. The molecule has 9 nitrogen and oxygen atoms in total. The number of rotatable bonds is 9. The van der Waals surface area contributed by atoms with Gasteiger partial charge in [0.25, 0.3) is 11.8 Å². The molecule has 0 bridgehead atoms. The van der Waals surface area contributed by atoms with Crippen molar-refractivity contribution in [2.24, 2.45) is 5.92 Å². The molecule has 17 heteroatoms. The summed E-state index contributed by atoms with van der Waals surface area (Å²) in [5.74, 6) is -10.2. The minimum atomic E-state index is -4.70. The van der Waals surface area contributed by atoms with Gasteiger partial charge in [0.05, 0.1) is 34.5 Å². The highest BCUT2D eigenvalue weighted by atomic mass is 19.4. The molecule has 0 fully saturated rings. The average Bonchev–Trinajstić information content (AvgIpc) is 3.58. The van der Waals surface area contributed by atoms with E-state index < -0.39 is 88.6 Å². The molecule has 0 spiro atoms. The third kappa shape index (κ3) is 7.76. The lowest BCUT2D eigenvalue weighted by molar-refractivity contribution is -0.138. The van der Waals surface area contributed by atoms with Crippen molar-refractivity contribution in [1.29, 1.82) is 0 Å². The van der Waals surface area contributed by atoms with Crippen LogP contribution < -0.4 is 4.74 Å². The molecule has 59 heavy (non-hydrogen) atoms. The molecular weight excluding hydrogens is 796 g/mol. The van der Waals surface area contributed by atoms with Gasteiger partial charge in [0.1, 0.15) is 0 Å². The van der Waals surface area contributed by atoms with Crippen molar-refractivity contribution in [3.05, 3.63) is 129 Å². The number of alkyl halides is 6. The van der Waals surface area contributed by atoms with Crippen LogP contribution in [0.25, 0.3) is 21.8 Å². The first kappa shape index (κ1) is 42.1. The maximum Gasteiger partial charge on any atom is 0.416 e. The van der Waals surface area contributed by atoms with E-state index in [4.69, 9.17) is 4.74 Å². The van der Waals surface area contributed by atoms with Gasteiger partial charge >= 0.3 is 24.3 Å². The molecule has 0 aliphatic rings. The Kier molecular flexibility index (Phi) is 10.9. The summed E-state index contributed by atoms with van der Waals surface area (Å²) < 4.78 is 118. The summed E-state index contributed by atoms with van der Waals surface area (Å²) in [6, 6.07) is 10.0. The molecule has 0 saturated heterocycles. The van der Waals surface area contributed by atoms with Crippen molar-refractivity contribution in [2.75, 3.05) is 0 Å². The molecule has 0 saturated carbocycles. The maximum atomic E-state index is 16.1. The van der Waals surface area contributed by atoms with E-state index in [-0.39, 0.29) is 61.9 Å². The second kappa shape index (κ2) is 15.3. The summed E-state index contributed by atoms with van der Waals surface area (Å²) in [6.07, 6.45) is -9.83. The van der Waals surface area contributed by atoms with E-state index in [1.807, 2.05) is 0 Å². The first-order valence-corrected chi connectivity index (χ1v) is 17.8. The number of phenolic OH excluding ortho intramolecular Hbond substituents is 1. The molecule has 6 aromatic rings. The minimum Gasteiger partial charge on any atom is -0.505 e. The summed E-state index contributed by atoms with van der Waals surface area (Å²) in [4.78, 5) is 53.8. The fraction of sp³-hybridized carbons (Fsp3) is 0.238. The molecule has 0 radical (unpaired) electrons. The van der Waals surface area contributed by atoms with E-state index in [9.17, 15) is 60.1 Å². The van der Waals surface area contributed by atoms with E-state index >= 15 is 4.39 Å². The number of carbonyl (C=O) groups excluding carboxylic acids is 3. The van der Waals surface area contributed by atoms with Crippen LogP contribution in [0.3, 0.4) is 0 Å². The second-order valence-electron chi connectivity index (χ2n) is 14.0. The number of ether oxygens (including phenoxy) is 1. The van der Waals surface area contributed by atoms with Gasteiger partial charge in [0, 0.05) is 45.4 Å². The molecule has 2 unspecified atom stereocenters. The standard InChI is InChI=1S/C42H32F8N2O7/c1-5-19(2)36(37-21(4)52(32-17-29(43)33(53)14-28(32)37)39(57)23-8-12-25(13-9-23)42(48,49)50)40(58)59-34-15-27-26(16-35(54)55)20(3)51(31(27)18-30(34)44)38(56)22-6-10-24(11-7-22)41(45,46)47/h6-15,17-19,36,53H,5,16H2,1-4H3,(H,54,55). The summed E-state index contributed by atoms with van der Waals surface area (Å²) >= 11 is 0. The number of halogens is 8. The minimum absolute atomic E-state index is 0.00160. The third-order valence-electron chi connectivity index (χ3n) is 10.4. The Morgan fingerprint density at radius 1 is 0.712 bits per heavy atom. The smallest absolute Gasteiger partial charge is 0.416 e. The molecule has 4 aromatic carbocycles. The molecular formula is C42H32F8N2O7. The van der Waals surface area contributed by atoms with E-state index in [2.05, 4.69) is 0 Å². The number of aromatic hydroxyl groups is 1. The lowest BCUT2D eigenvalue weighted by Gasteiger charge is -2.23. The number of carboxylic acids is 1. The van der Waals surface area contributed by atoms with E-state index in [1.165, 1.54) is 13.8 Å². The fourth-order valence-electron chi connectivity index (χ4n) is 7.20. The van der Waals surface area contributed by atoms with Gasteiger partial charge in [-0.15, -0.1) is 0 Å². The largest absolute Gasteiger partial charge is 0.505 e. The van der Waals surface area contributed by atoms with Crippen LogP contribution in [0.15, 0.2) is 72.8 Å². The second-order valence-corrected chi connectivity index (χ2v) is 14.0. The van der Waals surface area contributed by atoms with Gasteiger partial charge in [-0.25, -0.2) is 8.78 Å². The van der Waals surface area contributed by atoms with Crippen molar-refractivity contribution in [2.45, 2.75) is 58.8 Å². The lowest BCUT2D eigenvalue weighted by atomic mass is 9.84. The van der Waals surface area contributed by atoms with Gasteiger partial charge in [0.15, 0.2) is 23.1 Å². The van der Waals surface area contributed by atoms with E-state index in [1.54, 1.807) is 13.8 Å². The summed E-state index contributed by atoms with van der Waals surface area (Å²) in [5, 5.41) is 20.1. The SMILES string of the molecule is CCC(C)C(C(=O)Oc1cc2c(CC(=O)O)c(C)n(C(=O)c3ccc(C(F)(F)F)cc3)c2cc1F)c1c(C)n(C(=O)c2ccc(C(F)(F)F)cc2)c2cc(F)c(O)cc12. The number of aliphatic carboxylic acids is 1. The topological polar surface area (TPSA) is 128 Å². The normalized spacial score (nSPS) is 13.2. The zero-order chi connectivity index (χ0) is 43.5. The quantitative estimate of drug-likeness (QED) is 0.0844. The highest BCUT2D eigenvalue weighted by Gasteiger charge is 2.37. The van der Waals surface area contributed by atoms with Gasteiger partial charge < -0.3 is 14.9 Å². The first-order valence-electron chi connectivity index (χ1n) is 17.8. The van der Waals surface area contributed by atoms with Crippen molar-refractivity contribution in [3.8, 4) is 11.5 Å². The zero-order valence-corrected chi connectivity index (χ0v) is 31.4. The number of fused-ring (bicyclic) bond motifs is 2. The van der Waals surface area contributed by atoms with Crippen LogP contribution in [0.2, 0.25) is 0 Å². The third-order valence-corrected chi connectivity index (χ3v) is 10.4. The van der Waals surface area contributed by atoms with E-state index in [0.29, 0.717) is 24.3 Å². The predicted molar refractivity (Wildman–Crippen MR) is 196 cm³/mol. The van der Waals surface area contributed by atoms with Crippen molar-refractivity contribution < 1.29 is 69.3 Å². The van der Waals surface area contributed by atoms with Crippen LogP contribution in [-0.4, -0.2) is 43.1 Å². The summed E-state index contributed by atoms with van der Waals surface area (Å²) in [6.45, 7) is 6.06. The molecule has 2 atom stereocenters. The van der Waals surface area contributed by atoms with Crippen LogP contribution in [-0.2, 0) is 28.4 Å². The number of phenols is 1. The molecule has 0 amide bonds. The predicted octanol–water partition coefficient (Wildman–Crippen LogP) is 9.97. The number of hydrogen-bond acceptors (Lipinski definition) is 6. The Morgan fingerprint density at radius 3 is 1.66 bits per heavy atom. The van der Waals surface area contributed by atoms with Crippen LogP contribution >= 0.6 is 0 Å². The van der Waals surface area contributed by atoms with Gasteiger partial charge in [-0.1, -0.05) is 20.3 Å². The van der Waals surface area contributed by atoms with Crippen LogP contribution in [0.1, 0.15) is 80.5 Å². The van der Waals surface area contributed by atoms with E-state index in [0.717, 1.165) is 57.7 Å². The maximum absolute atomic E-state index is 16.1. The number of carboxylic acid groups (broad SMARTS) is 1. The molecule has 308 valence electrons. The molecule has 2 heterocycles. The Hall–Kier alpha value is -6.52. The van der Waals surface area contributed by atoms with Gasteiger partial charge in [-0.3, -0.25) is 28.3 Å². The van der Waals surface area contributed by atoms with Crippen molar-refractivity contribution in [3.63, 3.8) is 0 Å². The molecule has 2 aromatic heterocycles. The number of benzene rings is 4. The number of esters is 1. The van der Waals surface area contributed by atoms with Crippen LogP contribution in [0.5, 0.6) is 11.5 Å². The zero-order valence-electron chi connectivity index (χ0n) is 31.4. The summed E-state index contributed by atoms with van der Waals surface area (Å²) in [7, 11) is 0. The van der Waals surface area contributed by atoms with Crippen molar-refractivity contribution >= 4 is 45.6 Å². The fourth-order valence-corrected chi connectivity index (χ4v) is 7.20. The van der Waals surface area contributed by atoms with Crippen molar-refractivity contribution in [1.82, 2.24) is 9.13 Å². The number of hydrogen-bond donors (Lipinski definition) is 2. The van der Waals surface area contributed by atoms with Gasteiger partial charge in [0.2, 0.25) is 0 Å². The molecule has 0 aliphatic heterocycles. The molecule has 2 N–H and O–H groups in total. The molecule has 0 aliphatic carbocycles. The highest BCUT2D eigenvalue weighted by Crippen LogP contribution is 2.42. The Morgan fingerprint density at radius 2 is 1.19 bits per heavy atom. The average molecular weight is 829 g/mol. The number of nitrogens with zero attached hydrogens (tertiary/aromatic N) is 2. The lowest BCUT2D eigenvalue weighted by Crippen LogP contribution is -2.26. The van der Waals surface area contributed by atoms with Gasteiger partial charge in [-0.2, -0.15) is 26.3 Å². The Balaban J connectivity index is 1.46. The van der Waals surface area contributed by atoms with Crippen LogP contribution in [0, 0.1) is 31.4 Å².